The third-order valence-corrected chi connectivity index (χ3v) is 2.34. The number of aryl methyl sites for hydroxylation is 1. The minimum Gasteiger partial charge on any atom is -0.480 e. The van der Waals surface area contributed by atoms with E-state index < -0.39 is 12.0 Å². The van der Waals surface area contributed by atoms with Crippen LogP contribution in [-0.4, -0.2) is 28.0 Å². The normalized spacial score (nSPS) is 11.9. The number of nitrogens with one attached hydrogen (secondary N) is 1. The molecular weight excluding hydrogens is 220 g/mol. The maximum Gasteiger partial charge on any atom is 0.326 e. The maximum absolute atomic E-state index is 11.8. The molecule has 1 rings (SSSR count). The number of pyridine rings is 1. The molecule has 0 aromatic carbocycles. The van der Waals surface area contributed by atoms with Crippen LogP contribution in [0.4, 0.5) is 0 Å². The number of hydrogen-bond acceptors (Lipinski definition) is 3. The number of carboxylic acids is 1. The monoisotopic (exact) mass is 236 g/mol. The lowest BCUT2D eigenvalue weighted by Gasteiger charge is -2.13. The van der Waals surface area contributed by atoms with Crippen LogP contribution in [-0.2, 0) is 4.79 Å². The number of aliphatic carboxylic acids is 1. The average molecular weight is 236 g/mol. The number of carbonyl (C=O) groups excluding carboxylic acids is 1. The summed E-state index contributed by atoms with van der Waals surface area (Å²) in [6.07, 6.45) is 2.65. The van der Waals surface area contributed by atoms with Gasteiger partial charge in [0.15, 0.2) is 0 Å². The van der Waals surface area contributed by atoms with Crippen molar-refractivity contribution < 1.29 is 14.7 Å². The predicted molar refractivity (Wildman–Crippen MR) is 62.8 cm³/mol. The quantitative estimate of drug-likeness (QED) is 0.809. The molecule has 1 aromatic heterocycles. The van der Waals surface area contributed by atoms with Crippen LogP contribution in [0.15, 0.2) is 18.3 Å². The molecule has 92 valence electrons. The number of carbonyl (C=O) groups is 2. The smallest absolute Gasteiger partial charge is 0.326 e. The molecule has 0 aliphatic heterocycles. The molecule has 1 unspecified atom stereocenters. The topological polar surface area (TPSA) is 79.3 Å². The zero-order valence-electron chi connectivity index (χ0n) is 9.93. The first-order valence-electron chi connectivity index (χ1n) is 5.51. The number of amides is 1. The van der Waals surface area contributed by atoms with Crippen molar-refractivity contribution in [2.45, 2.75) is 32.7 Å². The second-order valence-electron chi connectivity index (χ2n) is 3.84. The van der Waals surface area contributed by atoms with E-state index in [9.17, 15) is 9.59 Å². The van der Waals surface area contributed by atoms with E-state index in [-0.39, 0.29) is 5.91 Å². The van der Waals surface area contributed by atoms with E-state index in [0.29, 0.717) is 18.4 Å². The minimum atomic E-state index is -1.01. The van der Waals surface area contributed by atoms with Crippen molar-refractivity contribution in [2.24, 2.45) is 0 Å². The molecule has 0 aliphatic rings. The summed E-state index contributed by atoms with van der Waals surface area (Å²) in [5.74, 6) is -1.39. The minimum absolute atomic E-state index is 0.378. The highest BCUT2D eigenvalue weighted by Gasteiger charge is 2.19. The Kier molecular flexibility index (Phi) is 4.63. The molecule has 17 heavy (non-hydrogen) atoms. The van der Waals surface area contributed by atoms with Crippen molar-refractivity contribution in [3.63, 3.8) is 0 Å². The Morgan fingerprint density at radius 3 is 2.76 bits per heavy atom. The molecule has 0 radical (unpaired) electrons. The van der Waals surface area contributed by atoms with Gasteiger partial charge in [-0.25, -0.2) is 4.79 Å². The summed E-state index contributed by atoms with van der Waals surface area (Å²) >= 11 is 0. The fourth-order valence-corrected chi connectivity index (χ4v) is 1.47. The molecule has 1 atom stereocenters. The molecule has 1 aromatic rings. The van der Waals surface area contributed by atoms with E-state index in [0.717, 1.165) is 5.69 Å². The predicted octanol–water partition coefficient (Wildman–Crippen LogP) is 1.37. The summed E-state index contributed by atoms with van der Waals surface area (Å²) < 4.78 is 0. The molecule has 2 N–H and O–H groups in total. The number of aromatic nitrogens is 1. The fourth-order valence-electron chi connectivity index (χ4n) is 1.47. The molecule has 0 bridgehead atoms. The Hall–Kier alpha value is -1.91. The van der Waals surface area contributed by atoms with Crippen molar-refractivity contribution in [1.82, 2.24) is 10.3 Å². The molecular formula is C12H16N2O3. The summed E-state index contributed by atoms with van der Waals surface area (Å²) in [7, 11) is 0. The molecule has 0 fully saturated rings. The molecule has 0 saturated carbocycles. The highest BCUT2D eigenvalue weighted by molar-refractivity contribution is 5.96. The number of nitrogens with zero attached hydrogens (tertiary/aromatic N) is 1. The third kappa shape index (κ3) is 3.86. The lowest BCUT2D eigenvalue weighted by Crippen LogP contribution is -2.40. The number of rotatable bonds is 5. The van der Waals surface area contributed by atoms with Crippen LogP contribution in [0, 0.1) is 6.92 Å². The zero-order valence-corrected chi connectivity index (χ0v) is 9.93. The van der Waals surface area contributed by atoms with Crippen LogP contribution in [0.1, 0.15) is 35.8 Å². The van der Waals surface area contributed by atoms with Crippen LogP contribution in [0.2, 0.25) is 0 Å². The van der Waals surface area contributed by atoms with Gasteiger partial charge in [-0.3, -0.25) is 9.78 Å². The Bertz CT molecular complexity index is 418. The van der Waals surface area contributed by atoms with Gasteiger partial charge in [-0.1, -0.05) is 13.3 Å². The van der Waals surface area contributed by atoms with Gasteiger partial charge in [0.2, 0.25) is 0 Å². The number of carboxylic acid groups (broad SMARTS) is 1. The van der Waals surface area contributed by atoms with Crippen molar-refractivity contribution in [3.05, 3.63) is 29.6 Å². The standard InChI is InChI=1S/C12H16N2O3/c1-3-4-10(12(16)17)14-11(15)9-5-6-13-8(2)7-9/h5-7,10H,3-4H2,1-2H3,(H,14,15)(H,16,17). The number of hydrogen-bond donors (Lipinski definition) is 2. The van der Waals surface area contributed by atoms with E-state index in [4.69, 9.17) is 5.11 Å². The highest BCUT2D eigenvalue weighted by Crippen LogP contribution is 2.03. The van der Waals surface area contributed by atoms with E-state index >= 15 is 0 Å². The maximum atomic E-state index is 11.8. The van der Waals surface area contributed by atoms with E-state index in [1.807, 2.05) is 6.92 Å². The van der Waals surface area contributed by atoms with E-state index in [2.05, 4.69) is 10.3 Å². The summed E-state index contributed by atoms with van der Waals surface area (Å²) in [6.45, 7) is 3.65. The Morgan fingerprint density at radius 1 is 1.53 bits per heavy atom. The Morgan fingerprint density at radius 2 is 2.24 bits per heavy atom. The Balaban J connectivity index is 2.73. The van der Waals surface area contributed by atoms with Gasteiger partial charge in [-0.2, -0.15) is 0 Å². The van der Waals surface area contributed by atoms with Gasteiger partial charge in [0.05, 0.1) is 0 Å². The Labute approximate surface area is 99.9 Å². The van der Waals surface area contributed by atoms with Crippen LogP contribution < -0.4 is 5.32 Å². The van der Waals surface area contributed by atoms with Crippen molar-refractivity contribution in [1.29, 1.82) is 0 Å². The van der Waals surface area contributed by atoms with Gasteiger partial charge >= 0.3 is 5.97 Å². The molecule has 5 heteroatoms. The summed E-state index contributed by atoms with van der Waals surface area (Å²) in [5.41, 5.74) is 1.15. The summed E-state index contributed by atoms with van der Waals surface area (Å²) in [6, 6.07) is 2.36. The van der Waals surface area contributed by atoms with Gasteiger partial charge < -0.3 is 10.4 Å². The summed E-state index contributed by atoms with van der Waals surface area (Å²) in [5, 5.41) is 11.4. The first kappa shape index (κ1) is 13.2. The van der Waals surface area contributed by atoms with Crippen molar-refractivity contribution in [2.75, 3.05) is 0 Å². The van der Waals surface area contributed by atoms with E-state index in [1.54, 1.807) is 19.1 Å². The van der Waals surface area contributed by atoms with Gasteiger partial charge in [0.1, 0.15) is 6.04 Å². The highest BCUT2D eigenvalue weighted by atomic mass is 16.4. The lowest BCUT2D eigenvalue weighted by molar-refractivity contribution is -0.139. The largest absolute Gasteiger partial charge is 0.480 e. The van der Waals surface area contributed by atoms with Crippen LogP contribution >= 0.6 is 0 Å². The van der Waals surface area contributed by atoms with Gasteiger partial charge in [-0.05, 0) is 25.5 Å². The lowest BCUT2D eigenvalue weighted by atomic mass is 10.1. The first-order valence-corrected chi connectivity index (χ1v) is 5.51. The van der Waals surface area contributed by atoms with Crippen LogP contribution in [0.3, 0.4) is 0 Å². The van der Waals surface area contributed by atoms with Crippen molar-refractivity contribution >= 4 is 11.9 Å². The van der Waals surface area contributed by atoms with Gasteiger partial charge in [0, 0.05) is 17.5 Å². The van der Waals surface area contributed by atoms with Gasteiger partial charge in [-0.15, -0.1) is 0 Å². The SMILES string of the molecule is CCCC(NC(=O)c1ccnc(C)c1)C(=O)O. The molecule has 1 amide bonds. The fraction of sp³-hybridized carbons (Fsp3) is 0.417. The molecule has 5 nitrogen and oxygen atoms in total. The summed E-state index contributed by atoms with van der Waals surface area (Å²) in [4.78, 5) is 26.7. The first-order chi connectivity index (χ1) is 8.04. The molecule has 0 aliphatic carbocycles. The van der Waals surface area contributed by atoms with Crippen molar-refractivity contribution in [3.8, 4) is 0 Å². The van der Waals surface area contributed by atoms with Crippen LogP contribution in [0.5, 0.6) is 0 Å². The zero-order chi connectivity index (χ0) is 12.8. The van der Waals surface area contributed by atoms with E-state index in [1.165, 1.54) is 6.20 Å². The molecule has 0 saturated heterocycles. The third-order valence-electron chi connectivity index (χ3n) is 2.34. The van der Waals surface area contributed by atoms with Crippen LogP contribution in [0.25, 0.3) is 0 Å². The second-order valence-corrected chi connectivity index (χ2v) is 3.84. The van der Waals surface area contributed by atoms with Gasteiger partial charge in [0.25, 0.3) is 5.91 Å². The molecule has 1 heterocycles. The average Bonchev–Trinajstić information content (AvgIpc) is 2.28. The molecule has 0 spiro atoms. The second kappa shape index (κ2) is 5.98.